The highest BCUT2D eigenvalue weighted by Crippen LogP contribution is 2.30. The molecule has 8 nitrogen and oxygen atoms in total. The Balaban J connectivity index is 1.39. The topological polar surface area (TPSA) is 78.8 Å². The van der Waals surface area contributed by atoms with Crippen LogP contribution in [-0.4, -0.2) is 69.8 Å². The number of anilines is 1. The molecule has 2 aliphatic rings. The van der Waals surface area contributed by atoms with Gasteiger partial charge < -0.3 is 14.4 Å². The van der Waals surface area contributed by atoms with E-state index in [1.165, 1.54) is 0 Å². The van der Waals surface area contributed by atoms with Crippen molar-refractivity contribution in [3.05, 3.63) is 82.3 Å². The van der Waals surface area contributed by atoms with E-state index in [2.05, 4.69) is 6.92 Å². The van der Waals surface area contributed by atoms with Gasteiger partial charge in [-0.2, -0.15) is 0 Å². The quantitative estimate of drug-likeness (QED) is 0.394. The molecular weight excluding hydrogens is 526 g/mol. The van der Waals surface area contributed by atoms with Gasteiger partial charge in [-0.15, -0.1) is 0 Å². The summed E-state index contributed by atoms with van der Waals surface area (Å²) in [6.07, 6.45) is 4.77. The SMILES string of the molecule is CCCCN(C(=O)c1cccc(Cl)c1)c1nc2n(c1C(=O)N1CCN(C(=O)Cc3ccccc3)CC1)CCCC2. The molecule has 3 heterocycles. The molecule has 3 amide bonds. The van der Waals surface area contributed by atoms with Gasteiger partial charge in [-0.05, 0) is 43.0 Å². The number of amides is 3. The zero-order valence-electron chi connectivity index (χ0n) is 23.0. The minimum atomic E-state index is -0.211. The summed E-state index contributed by atoms with van der Waals surface area (Å²) in [5.41, 5.74) is 1.93. The van der Waals surface area contributed by atoms with Gasteiger partial charge >= 0.3 is 0 Å². The van der Waals surface area contributed by atoms with Gasteiger partial charge in [0.1, 0.15) is 5.82 Å². The molecule has 5 rings (SSSR count). The summed E-state index contributed by atoms with van der Waals surface area (Å²) in [5.74, 6) is 1.01. The number of hydrogen-bond donors (Lipinski definition) is 0. The molecule has 0 unspecified atom stereocenters. The van der Waals surface area contributed by atoms with E-state index in [0.29, 0.717) is 67.8 Å². The van der Waals surface area contributed by atoms with Gasteiger partial charge in [0.05, 0.1) is 6.42 Å². The lowest BCUT2D eigenvalue weighted by atomic mass is 10.1. The first kappa shape index (κ1) is 27.9. The van der Waals surface area contributed by atoms with Crippen molar-refractivity contribution >= 4 is 35.1 Å². The number of fused-ring (bicyclic) bond motifs is 1. The molecule has 40 heavy (non-hydrogen) atoms. The average Bonchev–Trinajstić information content (AvgIpc) is 3.36. The number of rotatable bonds is 8. The molecule has 0 radical (unpaired) electrons. The van der Waals surface area contributed by atoms with Crippen LogP contribution in [0.5, 0.6) is 0 Å². The van der Waals surface area contributed by atoms with Crippen LogP contribution >= 0.6 is 11.6 Å². The molecule has 2 aliphatic heterocycles. The van der Waals surface area contributed by atoms with Crippen molar-refractivity contribution < 1.29 is 14.4 Å². The number of hydrogen-bond acceptors (Lipinski definition) is 4. The summed E-state index contributed by atoms with van der Waals surface area (Å²) < 4.78 is 2.01. The number of aromatic nitrogens is 2. The number of carbonyl (C=O) groups is 3. The lowest BCUT2D eigenvalue weighted by molar-refractivity contribution is -0.131. The standard InChI is InChI=1S/C31H36ClN5O3/c1-2-3-15-37(30(39)24-12-9-13-25(32)22-24)29-28(36-16-8-7-14-26(36)33-29)31(40)35-19-17-34(18-20-35)27(38)21-23-10-5-4-6-11-23/h4-6,9-13,22H,2-3,7-8,14-21H2,1H3. The second-order valence-corrected chi connectivity index (χ2v) is 10.9. The van der Waals surface area contributed by atoms with Crippen LogP contribution in [-0.2, 0) is 24.2 Å². The zero-order chi connectivity index (χ0) is 28.1. The summed E-state index contributed by atoms with van der Waals surface area (Å²) in [5, 5.41) is 0.487. The summed E-state index contributed by atoms with van der Waals surface area (Å²) in [6.45, 7) is 5.08. The molecule has 1 aromatic heterocycles. The van der Waals surface area contributed by atoms with Crippen molar-refractivity contribution in [3.63, 3.8) is 0 Å². The van der Waals surface area contributed by atoms with Gasteiger partial charge in [0.2, 0.25) is 5.91 Å². The Hall–Kier alpha value is -3.65. The van der Waals surface area contributed by atoms with Gasteiger partial charge in [0.25, 0.3) is 11.8 Å². The van der Waals surface area contributed by atoms with Gasteiger partial charge in [-0.1, -0.05) is 61.3 Å². The third-order valence-electron chi connectivity index (χ3n) is 7.69. The number of benzene rings is 2. The Morgan fingerprint density at radius 2 is 1.68 bits per heavy atom. The van der Waals surface area contributed by atoms with E-state index < -0.39 is 0 Å². The number of carbonyl (C=O) groups excluding carboxylic acids is 3. The fourth-order valence-electron chi connectivity index (χ4n) is 5.46. The molecule has 2 aromatic carbocycles. The Morgan fingerprint density at radius 3 is 2.40 bits per heavy atom. The Bertz CT molecular complexity index is 1360. The highest BCUT2D eigenvalue weighted by molar-refractivity contribution is 6.31. The summed E-state index contributed by atoms with van der Waals surface area (Å²) >= 11 is 6.21. The van der Waals surface area contributed by atoms with Crippen LogP contribution in [0.3, 0.4) is 0 Å². The Morgan fingerprint density at radius 1 is 0.925 bits per heavy atom. The molecule has 1 saturated heterocycles. The van der Waals surface area contributed by atoms with Crippen molar-refractivity contribution in [3.8, 4) is 0 Å². The lowest BCUT2D eigenvalue weighted by Gasteiger charge is -2.35. The van der Waals surface area contributed by atoms with Crippen molar-refractivity contribution in [2.24, 2.45) is 0 Å². The maximum Gasteiger partial charge on any atom is 0.274 e. The van der Waals surface area contributed by atoms with Crippen LogP contribution in [0.25, 0.3) is 0 Å². The third kappa shape index (κ3) is 6.07. The first-order chi connectivity index (χ1) is 19.5. The fourth-order valence-corrected chi connectivity index (χ4v) is 5.65. The van der Waals surface area contributed by atoms with Crippen LogP contribution in [0, 0.1) is 0 Å². The normalized spacial score (nSPS) is 15.1. The number of unbranched alkanes of at least 4 members (excludes halogenated alkanes) is 1. The van der Waals surface area contributed by atoms with E-state index in [1.807, 2.05) is 39.8 Å². The largest absolute Gasteiger partial charge is 0.339 e. The number of imidazole rings is 1. The van der Waals surface area contributed by atoms with Gasteiger partial charge in [0, 0.05) is 56.3 Å². The monoisotopic (exact) mass is 561 g/mol. The van der Waals surface area contributed by atoms with Crippen LogP contribution in [0.4, 0.5) is 5.82 Å². The highest BCUT2D eigenvalue weighted by atomic mass is 35.5. The third-order valence-corrected chi connectivity index (χ3v) is 7.92. The molecule has 0 spiro atoms. The molecule has 1 fully saturated rings. The first-order valence-corrected chi connectivity index (χ1v) is 14.6. The van der Waals surface area contributed by atoms with E-state index in [9.17, 15) is 14.4 Å². The summed E-state index contributed by atoms with van der Waals surface area (Å²) in [6, 6.07) is 16.6. The van der Waals surface area contributed by atoms with Crippen molar-refractivity contribution in [2.75, 3.05) is 37.6 Å². The lowest BCUT2D eigenvalue weighted by Crippen LogP contribution is -2.51. The Labute approximate surface area is 240 Å². The van der Waals surface area contributed by atoms with E-state index in [0.717, 1.165) is 43.5 Å². The van der Waals surface area contributed by atoms with Crippen molar-refractivity contribution in [2.45, 2.75) is 52.0 Å². The molecule has 0 bridgehead atoms. The average molecular weight is 562 g/mol. The number of piperazine rings is 1. The predicted molar refractivity (Wildman–Crippen MR) is 156 cm³/mol. The second kappa shape index (κ2) is 12.7. The minimum absolute atomic E-state index is 0.0681. The first-order valence-electron chi connectivity index (χ1n) is 14.2. The smallest absolute Gasteiger partial charge is 0.274 e. The van der Waals surface area contributed by atoms with E-state index >= 15 is 0 Å². The fraction of sp³-hybridized carbons (Fsp3) is 0.419. The maximum atomic E-state index is 14.1. The molecule has 0 saturated carbocycles. The number of aryl methyl sites for hydroxylation is 1. The molecular formula is C31H36ClN5O3. The van der Waals surface area contributed by atoms with Gasteiger partial charge in [-0.25, -0.2) is 4.98 Å². The van der Waals surface area contributed by atoms with Crippen LogP contribution in [0.1, 0.15) is 64.8 Å². The van der Waals surface area contributed by atoms with Crippen LogP contribution < -0.4 is 4.90 Å². The maximum absolute atomic E-state index is 14.1. The van der Waals surface area contributed by atoms with Crippen LogP contribution in [0.15, 0.2) is 54.6 Å². The van der Waals surface area contributed by atoms with Gasteiger partial charge in [-0.3, -0.25) is 19.3 Å². The summed E-state index contributed by atoms with van der Waals surface area (Å²) in [4.78, 5) is 51.0. The molecule has 210 valence electrons. The Kier molecular flexibility index (Phi) is 8.85. The molecule has 0 aliphatic carbocycles. The van der Waals surface area contributed by atoms with Gasteiger partial charge in [0.15, 0.2) is 11.5 Å². The molecule has 3 aromatic rings. The highest BCUT2D eigenvalue weighted by Gasteiger charge is 2.34. The van der Waals surface area contributed by atoms with Crippen molar-refractivity contribution in [1.82, 2.24) is 19.4 Å². The molecule has 0 atom stereocenters. The predicted octanol–water partition coefficient (Wildman–Crippen LogP) is 4.85. The minimum Gasteiger partial charge on any atom is -0.339 e. The van der Waals surface area contributed by atoms with E-state index in [4.69, 9.17) is 16.6 Å². The molecule has 9 heteroatoms. The second-order valence-electron chi connectivity index (χ2n) is 10.5. The molecule has 0 N–H and O–H groups in total. The zero-order valence-corrected chi connectivity index (χ0v) is 23.8. The van der Waals surface area contributed by atoms with E-state index in [-0.39, 0.29) is 17.7 Å². The van der Waals surface area contributed by atoms with E-state index in [1.54, 1.807) is 34.1 Å². The van der Waals surface area contributed by atoms with Crippen LogP contribution in [0.2, 0.25) is 5.02 Å². The summed E-state index contributed by atoms with van der Waals surface area (Å²) in [7, 11) is 0. The number of nitrogens with zero attached hydrogens (tertiary/aromatic N) is 5. The van der Waals surface area contributed by atoms with Crippen molar-refractivity contribution in [1.29, 1.82) is 0 Å². The number of halogens is 1.